The predicted octanol–water partition coefficient (Wildman–Crippen LogP) is 4.92. The van der Waals surface area contributed by atoms with E-state index >= 15 is 0 Å². The number of aromatic nitrogens is 3. The average Bonchev–Trinajstić information content (AvgIpc) is 3.43. The highest BCUT2D eigenvalue weighted by atomic mass is 16.5. The molecule has 148 valence electrons. The zero-order valence-electron chi connectivity index (χ0n) is 16.8. The standard InChI is InChI=1S/C22H28N4O2/c1-4-27-18-9-7-16(8-10-18)22-17(13-23-24-22)14-26-11-5-6-20(26)19-12-21(15(2)3)28-25-19/h7-10,12-13,15,20H,4-6,11,14H2,1-3H3,(H,23,24)/t20-/m0/s1. The number of nitrogens with zero attached hydrogens (tertiary/aromatic N) is 3. The van der Waals surface area contributed by atoms with Gasteiger partial charge >= 0.3 is 0 Å². The SMILES string of the molecule is CCOc1ccc(-c2[nH]ncc2CN2CCC[C@H]2c2cc(C(C)C)on2)cc1. The highest BCUT2D eigenvalue weighted by Gasteiger charge is 2.30. The van der Waals surface area contributed by atoms with Gasteiger partial charge < -0.3 is 9.26 Å². The maximum atomic E-state index is 5.55. The van der Waals surface area contributed by atoms with E-state index in [1.165, 1.54) is 12.0 Å². The molecule has 0 radical (unpaired) electrons. The molecule has 4 rings (SSSR count). The van der Waals surface area contributed by atoms with Crippen molar-refractivity contribution in [3.63, 3.8) is 0 Å². The van der Waals surface area contributed by atoms with Gasteiger partial charge in [-0.2, -0.15) is 5.10 Å². The van der Waals surface area contributed by atoms with Gasteiger partial charge in [-0.25, -0.2) is 0 Å². The molecule has 28 heavy (non-hydrogen) atoms. The summed E-state index contributed by atoms with van der Waals surface area (Å²) in [5.74, 6) is 2.20. The Bertz CT molecular complexity index is 897. The topological polar surface area (TPSA) is 67.2 Å². The van der Waals surface area contributed by atoms with E-state index in [1.807, 2.05) is 25.3 Å². The van der Waals surface area contributed by atoms with Crippen molar-refractivity contribution in [3.8, 4) is 17.0 Å². The van der Waals surface area contributed by atoms with E-state index in [0.717, 1.165) is 48.0 Å². The van der Waals surface area contributed by atoms with Crippen LogP contribution in [0.15, 0.2) is 41.1 Å². The van der Waals surface area contributed by atoms with E-state index in [0.29, 0.717) is 18.6 Å². The molecule has 6 nitrogen and oxygen atoms in total. The molecule has 3 heterocycles. The lowest BCUT2D eigenvalue weighted by Gasteiger charge is -2.22. The molecule has 1 atom stereocenters. The Morgan fingerprint density at radius 3 is 2.82 bits per heavy atom. The maximum absolute atomic E-state index is 5.55. The molecule has 2 aromatic heterocycles. The van der Waals surface area contributed by atoms with Gasteiger partial charge in [-0.15, -0.1) is 0 Å². The minimum absolute atomic E-state index is 0.305. The quantitative estimate of drug-likeness (QED) is 0.630. The summed E-state index contributed by atoms with van der Waals surface area (Å²) in [4.78, 5) is 2.48. The molecular weight excluding hydrogens is 352 g/mol. The highest BCUT2D eigenvalue weighted by molar-refractivity contribution is 5.63. The molecule has 1 fully saturated rings. The number of nitrogens with one attached hydrogen (secondary N) is 1. The Morgan fingerprint density at radius 1 is 1.29 bits per heavy atom. The lowest BCUT2D eigenvalue weighted by molar-refractivity contribution is 0.236. The number of likely N-dealkylation sites (tertiary alicyclic amines) is 1. The normalized spacial score (nSPS) is 17.5. The zero-order chi connectivity index (χ0) is 19.5. The Kier molecular flexibility index (Phi) is 5.48. The number of hydrogen-bond donors (Lipinski definition) is 1. The molecular formula is C22H28N4O2. The summed E-state index contributed by atoms with van der Waals surface area (Å²) in [6, 6.07) is 10.6. The fraction of sp³-hybridized carbons (Fsp3) is 0.455. The van der Waals surface area contributed by atoms with Crippen molar-refractivity contribution < 1.29 is 9.26 Å². The van der Waals surface area contributed by atoms with E-state index in [1.54, 1.807) is 0 Å². The summed E-state index contributed by atoms with van der Waals surface area (Å²) < 4.78 is 11.1. The molecule has 0 bridgehead atoms. The second kappa shape index (κ2) is 8.19. The van der Waals surface area contributed by atoms with Crippen LogP contribution < -0.4 is 4.74 Å². The number of hydrogen-bond acceptors (Lipinski definition) is 5. The van der Waals surface area contributed by atoms with Crippen LogP contribution >= 0.6 is 0 Å². The monoisotopic (exact) mass is 380 g/mol. The third-order valence-electron chi connectivity index (χ3n) is 5.37. The molecule has 6 heteroatoms. The van der Waals surface area contributed by atoms with E-state index in [-0.39, 0.29) is 0 Å². The van der Waals surface area contributed by atoms with Crippen molar-refractivity contribution in [1.29, 1.82) is 0 Å². The van der Waals surface area contributed by atoms with Gasteiger partial charge in [-0.3, -0.25) is 10.00 Å². The first kappa shape index (κ1) is 18.7. The van der Waals surface area contributed by atoms with Crippen LogP contribution in [-0.2, 0) is 6.54 Å². The van der Waals surface area contributed by atoms with Crippen LogP contribution in [0.2, 0.25) is 0 Å². The summed E-state index contributed by atoms with van der Waals surface area (Å²) in [6.07, 6.45) is 4.22. The van der Waals surface area contributed by atoms with Crippen molar-refractivity contribution >= 4 is 0 Å². The summed E-state index contributed by atoms with van der Waals surface area (Å²) >= 11 is 0. The van der Waals surface area contributed by atoms with Crippen LogP contribution in [0.3, 0.4) is 0 Å². The van der Waals surface area contributed by atoms with Crippen LogP contribution in [0.5, 0.6) is 5.75 Å². The van der Waals surface area contributed by atoms with Crippen molar-refractivity contribution in [3.05, 3.63) is 53.5 Å². The van der Waals surface area contributed by atoms with E-state index in [4.69, 9.17) is 9.26 Å². The molecule has 1 aliphatic heterocycles. The molecule has 0 aliphatic carbocycles. The first-order chi connectivity index (χ1) is 13.7. The number of benzene rings is 1. The maximum Gasteiger partial charge on any atom is 0.139 e. The third kappa shape index (κ3) is 3.83. The zero-order valence-corrected chi connectivity index (χ0v) is 16.8. The van der Waals surface area contributed by atoms with Gasteiger partial charge in [-0.05, 0) is 50.6 Å². The van der Waals surface area contributed by atoms with E-state index in [9.17, 15) is 0 Å². The Hall–Kier alpha value is -2.60. The van der Waals surface area contributed by atoms with Crippen molar-refractivity contribution in [2.75, 3.05) is 13.2 Å². The summed E-state index contributed by atoms with van der Waals surface area (Å²) in [5.41, 5.74) is 4.43. The van der Waals surface area contributed by atoms with Crippen molar-refractivity contribution in [2.24, 2.45) is 0 Å². The molecule has 0 saturated carbocycles. The predicted molar refractivity (Wildman–Crippen MR) is 108 cm³/mol. The van der Waals surface area contributed by atoms with Crippen LogP contribution in [0.25, 0.3) is 11.3 Å². The Morgan fingerprint density at radius 2 is 2.11 bits per heavy atom. The minimum atomic E-state index is 0.305. The molecule has 0 amide bonds. The molecule has 1 aromatic carbocycles. The Labute approximate surface area is 165 Å². The summed E-state index contributed by atoms with van der Waals surface area (Å²) in [7, 11) is 0. The smallest absolute Gasteiger partial charge is 0.139 e. The second-order valence-corrected chi connectivity index (χ2v) is 7.66. The number of aromatic amines is 1. The first-order valence-corrected chi connectivity index (χ1v) is 10.1. The number of rotatable bonds is 7. The molecule has 1 saturated heterocycles. The van der Waals surface area contributed by atoms with Gasteiger partial charge in [0.05, 0.1) is 24.5 Å². The Balaban J connectivity index is 1.52. The lowest BCUT2D eigenvalue weighted by atomic mass is 10.1. The molecule has 1 aliphatic rings. The van der Waals surface area contributed by atoms with Gasteiger partial charge in [0.1, 0.15) is 17.2 Å². The minimum Gasteiger partial charge on any atom is -0.494 e. The fourth-order valence-electron chi connectivity index (χ4n) is 3.87. The van der Waals surface area contributed by atoms with Crippen LogP contribution in [0.4, 0.5) is 0 Å². The molecule has 0 spiro atoms. The van der Waals surface area contributed by atoms with Gasteiger partial charge in [0.2, 0.25) is 0 Å². The molecule has 1 N–H and O–H groups in total. The van der Waals surface area contributed by atoms with Crippen LogP contribution in [0.1, 0.15) is 62.6 Å². The van der Waals surface area contributed by atoms with E-state index < -0.39 is 0 Å². The summed E-state index contributed by atoms with van der Waals surface area (Å²) in [5, 5.41) is 11.8. The van der Waals surface area contributed by atoms with Gasteiger partial charge in [0, 0.05) is 29.7 Å². The van der Waals surface area contributed by atoms with Crippen LogP contribution in [0, 0.1) is 0 Å². The summed E-state index contributed by atoms with van der Waals surface area (Å²) in [6.45, 7) is 8.82. The molecule has 0 unspecified atom stereocenters. The molecule has 3 aromatic rings. The largest absolute Gasteiger partial charge is 0.494 e. The van der Waals surface area contributed by atoms with Gasteiger partial charge in [0.15, 0.2) is 0 Å². The second-order valence-electron chi connectivity index (χ2n) is 7.66. The average molecular weight is 380 g/mol. The first-order valence-electron chi connectivity index (χ1n) is 10.1. The number of ether oxygens (including phenoxy) is 1. The lowest BCUT2D eigenvalue weighted by Crippen LogP contribution is -2.23. The third-order valence-corrected chi connectivity index (χ3v) is 5.37. The highest BCUT2D eigenvalue weighted by Crippen LogP contribution is 2.35. The van der Waals surface area contributed by atoms with Crippen molar-refractivity contribution in [2.45, 2.75) is 52.1 Å². The number of H-pyrrole nitrogens is 1. The fourth-order valence-corrected chi connectivity index (χ4v) is 3.87. The van der Waals surface area contributed by atoms with Crippen LogP contribution in [-0.4, -0.2) is 33.4 Å². The van der Waals surface area contributed by atoms with Gasteiger partial charge in [0.25, 0.3) is 0 Å². The van der Waals surface area contributed by atoms with Crippen molar-refractivity contribution in [1.82, 2.24) is 20.3 Å². The van der Waals surface area contributed by atoms with E-state index in [2.05, 4.69) is 52.3 Å². The van der Waals surface area contributed by atoms with Gasteiger partial charge in [-0.1, -0.05) is 19.0 Å².